The van der Waals surface area contributed by atoms with E-state index in [1.807, 2.05) is 0 Å². The number of carbonyl (C=O) groups is 1. The number of hydrogen-bond donors (Lipinski definition) is 2. The Labute approximate surface area is 127 Å². The molecule has 0 saturated heterocycles. The zero-order valence-electron chi connectivity index (χ0n) is 11.9. The van der Waals surface area contributed by atoms with Crippen LogP contribution >= 0.6 is 12.4 Å². The Morgan fingerprint density at radius 1 is 1.05 bits per heavy atom. The van der Waals surface area contributed by atoms with E-state index in [4.69, 9.17) is 5.73 Å². The van der Waals surface area contributed by atoms with Gasteiger partial charge in [0.25, 0.3) is 5.91 Å². The summed E-state index contributed by atoms with van der Waals surface area (Å²) in [6.45, 7) is 0.809. The van der Waals surface area contributed by atoms with Gasteiger partial charge in [0.15, 0.2) is 0 Å². The Bertz CT molecular complexity index is 397. The van der Waals surface area contributed by atoms with Gasteiger partial charge < -0.3 is 11.1 Å². The molecular weight excluding hydrogens is 272 g/mol. The van der Waals surface area contributed by atoms with E-state index in [1.165, 1.54) is 44.9 Å². The molecule has 1 amide bonds. The van der Waals surface area contributed by atoms with E-state index < -0.39 is 0 Å². The third-order valence-electron chi connectivity index (χ3n) is 3.95. The Hall–Kier alpha value is -1.22. The quantitative estimate of drug-likeness (QED) is 0.834. The summed E-state index contributed by atoms with van der Waals surface area (Å²) in [6.07, 6.45) is 9.20. The monoisotopic (exact) mass is 296 g/mol. The van der Waals surface area contributed by atoms with Crippen molar-refractivity contribution >= 4 is 24.0 Å². The van der Waals surface area contributed by atoms with Crippen molar-refractivity contribution in [3.63, 3.8) is 0 Å². The van der Waals surface area contributed by atoms with E-state index >= 15 is 0 Å². The minimum atomic E-state index is 0. The molecule has 0 heterocycles. The number of nitrogens with one attached hydrogen (secondary N) is 1. The van der Waals surface area contributed by atoms with E-state index in [-0.39, 0.29) is 18.3 Å². The minimum Gasteiger partial charge on any atom is -0.399 e. The SMILES string of the molecule is Cl.Nc1ccc(C(=O)NCC2CCCCCCC2)cc1. The van der Waals surface area contributed by atoms with Gasteiger partial charge >= 0.3 is 0 Å². The minimum absolute atomic E-state index is 0. The number of benzene rings is 1. The average Bonchev–Trinajstić information content (AvgIpc) is 2.38. The maximum atomic E-state index is 12.0. The molecule has 20 heavy (non-hydrogen) atoms. The molecule has 0 atom stereocenters. The first-order valence-electron chi connectivity index (χ1n) is 7.39. The molecule has 0 bridgehead atoms. The van der Waals surface area contributed by atoms with Gasteiger partial charge in [-0.25, -0.2) is 0 Å². The van der Waals surface area contributed by atoms with Gasteiger partial charge in [-0.2, -0.15) is 0 Å². The van der Waals surface area contributed by atoms with Crippen LogP contribution in [0, 0.1) is 5.92 Å². The number of carbonyl (C=O) groups excluding carboxylic acids is 1. The summed E-state index contributed by atoms with van der Waals surface area (Å²) in [5.41, 5.74) is 7.00. The lowest BCUT2D eigenvalue weighted by atomic mass is 9.91. The molecule has 4 heteroatoms. The standard InChI is InChI=1S/C16H24N2O.ClH/c17-15-10-8-14(9-11-15)16(19)18-12-13-6-4-2-1-3-5-7-13;/h8-11,13H,1-7,12,17H2,(H,18,19);1H. The Morgan fingerprint density at radius 2 is 1.60 bits per heavy atom. The highest BCUT2D eigenvalue weighted by Gasteiger charge is 2.13. The van der Waals surface area contributed by atoms with E-state index in [0.29, 0.717) is 17.2 Å². The normalized spacial score (nSPS) is 16.6. The Balaban J connectivity index is 0.00000200. The first kappa shape index (κ1) is 16.8. The molecule has 1 aromatic rings. The van der Waals surface area contributed by atoms with Gasteiger partial charge in [0, 0.05) is 17.8 Å². The van der Waals surface area contributed by atoms with E-state index in [0.717, 1.165) is 6.54 Å². The molecular formula is C16H25ClN2O. The maximum Gasteiger partial charge on any atom is 0.251 e. The van der Waals surface area contributed by atoms with Crippen LogP contribution in [0.3, 0.4) is 0 Å². The smallest absolute Gasteiger partial charge is 0.251 e. The number of anilines is 1. The number of hydrogen-bond acceptors (Lipinski definition) is 2. The van der Waals surface area contributed by atoms with Gasteiger partial charge in [-0.3, -0.25) is 4.79 Å². The summed E-state index contributed by atoms with van der Waals surface area (Å²) < 4.78 is 0. The molecule has 2 rings (SSSR count). The number of rotatable bonds is 3. The number of amides is 1. The Morgan fingerprint density at radius 3 is 2.20 bits per heavy atom. The second kappa shape index (κ2) is 8.85. The fourth-order valence-corrected chi connectivity index (χ4v) is 2.72. The zero-order chi connectivity index (χ0) is 13.5. The van der Waals surface area contributed by atoms with Crippen molar-refractivity contribution in [1.29, 1.82) is 0 Å². The first-order chi connectivity index (χ1) is 9.25. The van der Waals surface area contributed by atoms with Crippen LogP contribution in [0.2, 0.25) is 0 Å². The number of halogens is 1. The third-order valence-corrected chi connectivity index (χ3v) is 3.95. The van der Waals surface area contributed by atoms with Gasteiger partial charge in [-0.15, -0.1) is 12.4 Å². The molecule has 0 unspecified atom stereocenters. The van der Waals surface area contributed by atoms with Crippen LogP contribution in [-0.4, -0.2) is 12.5 Å². The van der Waals surface area contributed by atoms with Gasteiger partial charge in [0.1, 0.15) is 0 Å². The lowest BCUT2D eigenvalue weighted by molar-refractivity contribution is 0.0944. The summed E-state index contributed by atoms with van der Waals surface area (Å²) in [5.74, 6) is 0.667. The largest absolute Gasteiger partial charge is 0.399 e. The van der Waals surface area contributed by atoms with Crippen molar-refractivity contribution in [3.8, 4) is 0 Å². The maximum absolute atomic E-state index is 12.0. The molecule has 0 radical (unpaired) electrons. The molecule has 0 spiro atoms. The lowest BCUT2D eigenvalue weighted by Crippen LogP contribution is -2.29. The van der Waals surface area contributed by atoms with Gasteiger partial charge in [-0.1, -0.05) is 32.1 Å². The summed E-state index contributed by atoms with van der Waals surface area (Å²) >= 11 is 0. The van der Waals surface area contributed by atoms with Gasteiger partial charge in [0.05, 0.1) is 0 Å². The second-order valence-corrected chi connectivity index (χ2v) is 5.54. The van der Waals surface area contributed by atoms with Crippen LogP contribution in [-0.2, 0) is 0 Å². The highest BCUT2D eigenvalue weighted by Crippen LogP contribution is 2.21. The van der Waals surface area contributed by atoms with Crippen molar-refractivity contribution in [2.24, 2.45) is 5.92 Å². The summed E-state index contributed by atoms with van der Waals surface area (Å²) in [7, 11) is 0. The molecule has 1 aliphatic carbocycles. The van der Waals surface area contributed by atoms with Crippen LogP contribution in [0.15, 0.2) is 24.3 Å². The molecule has 0 aliphatic heterocycles. The number of nitrogens with two attached hydrogens (primary N) is 1. The third kappa shape index (κ3) is 5.41. The lowest BCUT2D eigenvalue weighted by Gasteiger charge is -2.20. The predicted octanol–water partition coefficient (Wildman–Crippen LogP) is 3.78. The average molecular weight is 297 g/mol. The topological polar surface area (TPSA) is 55.1 Å². The van der Waals surface area contributed by atoms with E-state index in [1.54, 1.807) is 24.3 Å². The van der Waals surface area contributed by atoms with Gasteiger partial charge in [0.2, 0.25) is 0 Å². The molecule has 3 N–H and O–H groups in total. The fourth-order valence-electron chi connectivity index (χ4n) is 2.72. The van der Waals surface area contributed by atoms with Crippen LogP contribution < -0.4 is 11.1 Å². The highest BCUT2D eigenvalue weighted by atomic mass is 35.5. The summed E-state index contributed by atoms with van der Waals surface area (Å²) in [5, 5.41) is 3.06. The summed E-state index contributed by atoms with van der Waals surface area (Å²) in [6, 6.07) is 7.10. The predicted molar refractivity (Wildman–Crippen MR) is 86.2 cm³/mol. The van der Waals surface area contributed by atoms with Crippen LogP contribution in [0.1, 0.15) is 55.3 Å². The van der Waals surface area contributed by atoms with Crippen molar-refractivity contribution in [2.45, 2.75) is 44.9 Å². The second-order valence-electron chi connectivity index (χ2n) is 5.54. The van der Waals surface area contributed by atoms with Crippen LogP contribution in [0.5, 0.6) is 0 Å². The van der Waals surface area contributed by atoms with Gasteiger partial charge in [-0.05, 0) is 43.0 Å². The Kier molecular flexibility index (Phi) is 7.45. The van der Waals surface area contributed by atoms with Crippen molar-refractivity contribution in [2.75, 3.05) is 12.3 Å². The van der Waals surface area contributed by atoms with Crippen molar-refractivity contribution in [3.05, 3.63) is 29.8 Å². The van der Waals surface area contributed by atoms with Crippen LogP contribution in [0.25, 0.3) is 0 Å². The molecule has 1 aromatic carbocycles. The number of nitrogen functional groups attached to an aromatic ring is 1. The molecule has 112 valence electrons. The molecule has 1 saturated carbocycles. The molecule has 1 aliphatic rings. The van der Waals surface area contributed by atoms with Crippen LogP contribution in [0.4, 0.5) is 5.69 Å². The molecule has 3 nitrogen and oxygen atoms in total. The van der Waals surface area contributed by atoms with E-state index in [2.05, 4.69) is 5.32 Å². The van der Waals surface area contributed by atoms with Crippen molar-refractivity contribution < 1.29 is 4.79 Å². The highest BCUT2D eigenvalue weighted by molar-refractivity contribution is 5.94. The molecule has 1 fully saturated rings. The summed E-state index contributed by atoms with van der Waals surface area (Å²) in [4.78, 5) is 12.0. The zero-order valence-corrected chi connectivity index (χ0v) is 12.8. The van der Waals surface area contributed by atoms with E-state index in [9.17, 15) is 4.79 Å². The fraction of sp³-hybridized carbons (Fsp3) is 0.562. The first-order valence-corrected chi connectivity index (χ1v) is 7.39. The molecule has 0 aromatic heterocycles. The van der Waals surface area contributed by atoms with Crippen molar-refractivity contribution in [1.82, 2.24) is 5.32 Å².